The number of benzene rings is 1. The molecule has 10 nitrogen and oxygen atoms in total. The molecule has 0 radical (unpaired) electrons. The summed E-state index contributed by atoms with van der Waals surface area (Å²) in [5.41, 5.74) is 1.18. The Morgan fingerprint density at radius 1 is 1.13 bits per heavy atom. The van der Waals surface area contributed by atoms with E-state index in [2.05, 4.69) is 20.6 Å². The monoisotopic (exact) mass is 431 g/mol. The minimum atomic E-state index is -0.685. The van der Waals surface area contributed by atoms with Gasteiger partial charge in [-0.3, -0.25) is 15.0 Å². The molecule has 0 aliphatic heterocycles. The number of aromatic nitrogens is 3. The van der Waals surface area contributed by atoms with Gasteiger partial charge in [0.25, 0.3) is 0 Å². The van der Waals surface area contributed by atoms with E-state index in [-0.39, 0.29) is 24.9 Å². The van der Waals surface area contributed by atoms with Crippen LogP contribution in [0.2, 0.25) is 0 Å². The molecular weight excluding hydrogens is 409 g/mol. The Morgan fingerprint density at radius 3 is 2.65 bits per heavy atom. The van der Waals surface area contributed by atoms with Gasteiger partial charge in [-0.25, -0.2) is 23.9 Å². The molecule has 0 aliphatic carbocycles. The normalized spacial score (nSPS) is 10.9. The van der Waals surface area contributed by atoms with Crippen molar-refractivity contribution in [1.29, 1.82) is 0 Å². The lowest BCUT2D eigenvalue weighted by atomic mass is 10.1. The molecule has 0 fully saturated rings. The van der Waals surface area contributed by atoms with Crippen LogP contribution in [0.4, 0.5) is 25.4 Å². The summed E-state index contributed by atoms with van der Waals surface area (Å²) in [5.74, 6) is -0.227. The van der Waals surface area contributed by atoms with Gasteiger partial charge in [-0.15, -0.1) is 0 Å². The van der Waals surface area contributed by atoms with Crippen LogP contribution in [0.15, 0.2) is 36.8 Å². The largest absolute Gasteiger partial charge is 0.447 e. The molecule has 11 heteroatoms. The fraction of sp³-hybridized carbons (Fsp3) is 0.300. The topological polar surface area (TPSA) is 116 Å². The van der Waals surface area contributed by atoms with Crippen LogP contribution in [0.1, 0.15) is 13.8 Å². The molecule has 3 rings (SSSR count). The average molecular weight is 431 g/mol. The Labute approximate surface area is 177 Å². The van der Waals surface area contributed by atoms with Gasteiger partial charge in [0.05, 0.1) is 30.3 Å². The van der Waals surface area contributed by atoms with Crippen molar-refractivity contribution in [1.82, 2.24) is 14.4 Å². The number of nitrogens with one attached hydrogen (secondary N) is 2. The molecule has 2 N–H and O–H groups in total. The van der Waals surface area contributed by atoms with Crippen LogP contribution >= 0.6 is 0 Å². The number of carbonyl (C=O) groups excluding carboxylic acids is 2. The molecule has 31 heavy (non-hydrogen) atoms. The highest BCUT2D eigenvalue weighted by Gasteiger charge is 2.14. The zero-order valence-electron chi connectivity index (χ0n) is 17.2. The van der Waals surface area contributed by atoms with Gasteiger partial charge in [-0.05, 0) is 32.0 Å². The molecule has 0 saturated carbocycles. The molecule has 0 saturated heterocycles. The van der Waals surface area contributed by atoms with E-state index in [1.54, 1.807) is 30.6 Å². The fourth-order valence-corrected chi connectivity index (χ4v) is 2.61. The summed E-state index contributed by atoms with van der Waals surface area (Å²) in [5, 5.41) is 5.08. The number of hydrogen-bond donors (Lipinski definition) is 2. The molecule has 0 bridgehead atoms. The minimum Gasteiger partial charge on any atom is -0.447 e. The third kappa shape index (κ3) is 5.89. The molecule has 0 atom stereocenters. The Hall–Kier alpha value is -3.73. The molecule has 0 unspecified atom stereocenters. The van der Waals surface area contributed by atoms with Gasteiger partial charge < -0.3 is 14.2 Å². The highest BCUT2D eigenvalue weighted by molar-refractivity contribution is 5.86. The first kappa shape index (κ1) is 22.0. The molecule has 2 amide bonds. The lowest BCUT2D eigenvalue weighted by molar-refractivity contribution is 0.107. The van der Waals surface area contributed by atoms with Crippen LogP contribution in [0, 0.1) is 5.82 Å². The molecule has 0 aliphatic rings. The number of halogens is 1. The molecule has 1 aromatic carbocycles. The van der Waals surface area contributed by atoms with Crippen molar-refractivity contribution >= 4 is 29.3 Å². The van der Waals surface area contributed by atoms with Crippen molar-refractivity contribution in [2.24, 2.45) is 0 Å². The van der Waals surface area contributed by atoms with Crippen molar-refractivity contribution in [3.63, 3.8) is 0 Å². The van der Waals surface area contributed by atoms with Crippen LogP contribution < -0.4 is 10.6 Å². The van der Waals surface area contributed by atoms with E-state index in [1.807, 2.05) is 0 Å². The van der Waals surface area contributed by atoms with Crippen LogP contribution in [0.25, 0.3) is 17.0 Å². The second-order valence-electron chi connectivity index (χ2n) is 6.70. The number of carbonyl (C=O) groups is 2. The Kier molecular flexibility index (Phi) is 6.98. The molecule has 164 valence electrons. The van der Waals surface area contributed by atoms with E-state index in [0.29, 0.717) is 22.8 Å². The van der Waals surface area contributed by atoms with Crippen LogP contribution in [-0.2, 0) is 14.2 Å². The maximum atomic E-state index is 14.4. The lowest BCUT2D eigenvalue weighted by Crippen LogP contribution is -2.18. The highest BCUT2D eigenvalue weighted by atomic mass is 19.1. The van der Waals surface area contributed by atoms with E-state index in [1.165, 1.54) is 31.5 Å². The SMILES string of the molecule is COCCOC(=O)Nc1ccc(F)c(-c2cn3cc(NC(=O)OC(C)C)cnc3n2)c1. The van der Waals surface area contributed by atoms with Crippen LogP contribution in [-0.4, -0.2) is 53.0 Å². The summed E-state index contributed by atoms with van der Waals surface area (Å²) in [7, 11) is 1.49. The highest BCUT2D eigenvalue weighted by Crippen LogP contribution is 2.26. The summed E-state index contributed by atoms with van der Waals surface area (Å²) < 4.78 is 30.8. The Balaban J connectivity index is 1.79. The number of imidazole rings is 1. The van der Waals surface area contributed by atoms with Gasteiger partial charge in [-0.1, -0.05) is 0 Å². The number of anilines is 2. The first-order chi connectivity index (χ1) is 14.9. The molecular formula is C20H22FN5O5. The first-order valence-electron chi connectivity index (χ1n) is 9.40. The molecule has 2 heterocycles. The van der Waals surface area contributed by atoms with Gasteiger partial charge >= 0.3 is 12.2 Å². The maximum Gasteiger partial charge on any atom is 0.411 e. The molecule has 2 aromatic heterocycles. The number of nitrogens with zero attached hydrogens (tertiary/aromatic N) is 3. The molecule has 0 spiro atoms. The van der Waals surface area contributed by atoms with Crippen molar-refractivity contribution in [2.75, 3.05) is 31.0 Å². The third-order valence-corrected chi connectivity index (χ3v) is 3.91. The van der Waals surface area contributed by atoms with Crippen LogP contribution in [0.5, 0.6) is 0 Å². The van der Waals surface area contributed by atoms with E-state index < -0.39 is 18.0 Å². The quantitative estimate of drug-likeness (QED) is 0.548. The predicted octanol–water partition coefficient (Wildman–Crippen LogP) is 3.69. The predicted molar refractivity (Wildman–Crippen MR) is 110 cm³/mol. The smallest absolute Gasteiger partial charge is 0.411 e. The summed E-state index contributed by atoms with van der Waals surface area (Å²) in [6, 6.07) is 4.06. The number of rotatable bonds is 7. The lowest BCUT2D eigenvalue weighted by Gasteiger charge is -2.09. The number of methoxy groups -OCH3 is 1. The average Bonchev–Trinajstić information content (AvgIpc) is 3.12. The Bertz CT molecular complexity index is 1090. The fourth-order valence-electron chi connectivity index (χ4n) is 2.61. The van der Waals surface area contributed by atoms with E-state index in [9.17, 15) is 14.0 Å². The summed E-state index contributed by atoms with van der Waals surface area (Å²) in [6.45, 7) is 3.83. The number of amides is 2. The zero-order chi connectivity index (χ0) is 22.4. The number of ether oxygens (including phenoxy) is 3. The van der Waals surface area contributed by atoms with Gasteiger partial charge in [0.2, 0.25) is 5.78 Å². The second kappa shape index (κ2) is 9.85. The van der Waals surface area contributed by atoms with Gasteiger partial charge in [-0.2, -0.15) is 0 Å². The van der Waals surface area contributed by atoms with Crippen molar-refractivity contribution in [2.45, 2.75) is 20.0 Å². The first-order valence-corrected chi connectivity index (χ1v) is 9.40. The van der Waals surface area contributed by atoms with Gasteiger partial charge in [0.1, 0.15) is 12.4 Å². The van der Waals surface area contributed by atoms with Crippen molar-refractivity contribution in [3.05, 3.63) is 42.6 Å². The standard InChI is InChI=1S/C20H22FN5O5/c1-12(2)31-20(28)24-14-9-22-18-25-17(11-26(18)10-14)15-8-13(4-5-16(15)21)23-19(27)30-7-6-29-3/h4-5,8-12H,6-7H2,1-3H3,(H,23,27)(H,24,28). The van der Waals surface area contributed by atoms with E-state index in [0.717, 1.165) is 0 Å². The number of fused-ring (bicyclic) bond motifs is 1. The molecule has 3 aromatic rings. The van der Waals surface area contributed by atoms with E-state index >= 15 is 0 Å². The summed E-state index contributed by atoms with van der Waals surface area (Å²) in [6.07, 6.45) is 2.98. The minimum absolute atomic E-state index is 0.0928. The van der Waals surface area contributed by atoms with Crippen molar-refractivity contribution < 1.29 is 28.2 Å². The number of hydrogen-bond acceptors (Lipinski definition) is 7. The van der Waals surface area contributed by atoms with Gasteiger partial charge in [0.15, 0.2) is 0 Å². The third-order valence-electron chi connectivity index (χ3n) is 3.91. The summed E-state index contributed by atoms with van der Waals surface area (Å²) in [4.78, 5) is 32.0. The van der Waals surface area contributed by atoms with E-state index in [4.69, 9.17) is 14.2 Å². The summed E-state index contributed by atoms with van der Waals surface area (Å²) >= 11 is 0. The zero-order valence-corrected chi connectivity index (χ0v) is 17.2. The Morgan fingerprint density at radius 2 is 1.90 bits per heavy atom. The van der Waals surface area contributed by atoms with Crippen molar-refractivity contribution in [3.8, 4) is 11.3 Å². The van der Waals surface area contributed by atoms with Crippen LogP contribution in [0.3, 0.4) is 0 Å². The maximum absolute atomic E-state index is 14.4. The second-order valence-corrected chi connectivity index (χ2v) is 6.70. The van der Waals surface area contributed by atoms with Gasteiger partial charge in [0, 0.05) is 30.8 Å².